The predicted octanol–water partition coefficient (Wildman–Crippen LogP) is 2.63. The zero-order valence-corrected chi connectivity index (χ0v) is 9.09. The lowest BCUT2D eigenvalue weighted by atomic mass is 10.1. The van der Waals surface area contributed by atoms with Gasteiger partial charge in [-0.15, -0.1) is 0 Å². The fourth-order valence-electron chi connectivity index (χ4n) is 1.37. The van der Waals surface area contributed by atoms with Gasteiger partial charge < -0.3 is 0 Å². The monoisotopic (exact) mass is 251 g/mol. The van der Waals surface area contributed by atoms with Crippen molar-refractivity contribution in [2.45, 2.75) is 0 Å². The third kappa shape index (κ3) is 2.11. The van der Waals surface area contributed by atoms with E-state index in [2.05, 4.69) is 4.37 Å². The molecule has 0 radical (unpaired) electrons. The van der Waals surface area contributed by atoms with Crippen molar-refractivity contribution in [1.29, 1.82) is 0 Å². The highest BCUT2D eigenvalue weighted by molar-refractivity contribution is 7.03. The molecule has 7 nitrogen and oxygen atoms in total. The standard InChI is InChI=1S/C9H5N3O4S/c13-11(14)7-1-2-8(6-4-10-17-5-6)9(3-7)12(15)16/h1-5H. The number of rotatable bonds is 3. The first-order valence-corrected chi connectivity index (χ1v) is 5.26. The van der Waals surface area contributed by atoms with E-state index < -0.39 is 9.85 Å². The maximum atomic E-state index is 10.9. The van der Waals surface area contributed by atoms with Crippen LogP contribution in [0.5, 0.6) is 0 Å². The number of nitro groups is 2. The van der Waals surface area contributed by atoms with E-state index in [9.17, 15) is 20.2 Å². The summed E-state index contributed by atoms with van der Waals surface area (Å²) < 4.78 is 3.84. The molecule has 0 unspecified atom stereocenters. The Kier molecular flexibility index (Phi) is 2.79. The second kappa shape index (κ2) is 4.26. The van der Waals surface area contributed by atoms with Crippen LogP contribution in [-0.2, 0) is 0 Å². The van der Waals surface area contributed by atoms with E-state index in [4.69, 9.17) is 0 Å². The van der Waals surface area contributed by atoms with Crippen molar-refractivity contribution in [1.82, 2.24) is 4.37 Å². The van der Waals surface area contributed by atoms with Crippen molar-refractivity contribution in [3.05, 3.63) is 50.0 Å². The van der Waals surface area contributed by atoms with E-state index in [-0.39, 0.29) is 11.4 Å². The minimum absolute atomic E-state index is 0.292. The molecule has 0 bridgehead atoms. The molecule has 86 valence electrons. The van der Waals surface area contributed by atoms with Crippen molar-refractivity contribution in [3.8, 4) is 11.1 Å². The Bertz CT molecular complexity index is 582. The Morgan fingerprint density at radius 3 is 2.47 bits per heavy atom. The maximum absolute atomic E-state index is 10.9. The average molecular weight is 251 g/mol. The lowest BCUT2D eigenvalue weighted by Gasteiger charge is -1.99. The lowest BCUT2D eigenvalue weighted by Crippen LogP contribution is -1.94. The molecule has 0 aliphatic rings. The van der Waals surface area contributed by atoms with Gasteiger partial charge in [-0.25, -0.2) is 4.37 Å². The van der Waals surface area contributed by atoms with Crippen molar-refractivity contribution in [2.75, 3.05) is 0 Å². The molecule has 2 aromatic rings. The van der Waals surface area contributed by atoms with Crippen LogP contribution in [-0.4, -0.2) is 14.2 Å². The van der Waals surface area contributed by atoms with Gasteiger partial charge in [-0.05, 0) is 17.6 Å². The summed E-state index contributed by atoms with van der Waals surface area (Å²) in [5.74, 6) is 0. The third-order valence-electron chi connectivity index (χ3n) is 2.13. The number of nitro benzene ring substituents is 2. The Morgan fingerprint density at radius 2 is 1.94 bits per heavy atom. The van der Waals surface area contributed by atoms with Gasteiger partial charge in [0.25, 0.3) is 11.4 Å². The number of non-ortho nitro benzene ring substituents is 1. The molecule has 2 rings (SSSR count). The van der Waals surface area contributed by atoms with Crippen LogP contribution in [0.3, 0.4) is 0 Å². The normalized spacial score (nSPS) is 10.1. The highest BCUT2D eigenvalue weighted by atomic mass is 32.1. The molecule has 0 saturated carbocycles. The molecule has 0 atom stereocenters. The summed E-state index contributed by atoms with van der Waals surface area (Å²) in [5.41, 5.74) is 0.314. The minimum atomic E-state index is -0.664. The quantitative estimate of drug-likeness (QED) is 0.616. The minimum Gasteiger partial charge on any atom is -0.258 e. The van der Waals surface area contributed by atoms with Crippen LogP contribution in [0.15, 0.2) is 29.8 Å². The van der Waals surface area contributed by atoms with Crippen LogP contribution in [0.2, 0.25) is 0 Å². The first-order chi connectivity index (χ1) is 8.09. The summed E-state index contributed by atoms with van der Waals surface area (Å²) >= 11 is 1.16. The smallest absolute Gasteiger partial charge is 0.258 e. The number of nitrogens with zero attached hydrogens (tertiary/aromatic N) is 3. The van der Waals surface area contributed by atoms with Gasteiger partial charge in [-0.3, -0.25) is 20.2 Å². The molecule has 8 heteroatoms. The fourth-order valence-corrected chi connectivity index (χ4v) is 1.90. The summed E-state index contributed by atoms with van der Waals surface area (Å²) in [6, 6.07) is 3.55. The number of benzene rings is 1. The molecule has 0 spiro atoms. The molecule has 1 heterocycles. The molecule has 0 aliphatic heterocycles. The van der Waals surface area contributed by atoms with Crippen LogP contribution in [0.4, 0.5) is 11.4 Å². The topological polar surface area (TPSA) is 99.2 Å². The largest absolute Gasteiger partial charge is 0.284 e. The zero-order valence-electron chi connectivity index (χ0n) is 8.27. The molecule has 0 fully saturated rings. The number of aromatic nitrogens is 1. The molecule has 17 heavy (non-hydrogen) atoms. The predicted molar refractivity (Wildman–Crippen MR) is 60.9 cm³/mol. The highest BCUT2D eigenvalue weighted by Gasteiger charge is 2.20. The van der Waals surface area contributed by atoms with Crippen LogP contribution in [0, 0.1) is 20.2 Å². The van der Waals surface area contributed by atoms with Crippen molar-refractivity contribution < 1.29 is 9.85 Å². The van der Waals surface area contributed by atoms with Gasteiger partial charge in [0.1, 0.15) is 0 Å². The molecular formula is C9H5N3O4S. The fraction of sp³-hybridized carbons (Fsp3) is 0. The summed E-state index contributed by atoms with van der Waals surface area (Å²) in [5, 5.41) is 23.1. The average Bonchev–Trinajstić information content (AvgIpc) is 2.81. The van der Waals surface area contributed by atoms with E-state index in [1.165, 1.54) is 18.3 Å². The first-order valence-electron chi connectivity index (χ1n) is 4.42. The van der Waals surface area contributed by atoms with Crippen molar-refractivity contribution >= 4 is 22.9 Å². The van der Waals surface area contributed by atoms with Gasteiger partial charge in [-0.2, -0.15) is 0 Å². The Balaban J connectivity index is 2.61. The summed E-state index contributed by atoms with van der Waals surface area (Å²) in [7, 11) is 0. The van der Waals surface area contributed by atoms with Crippen LogP contribution in [0.25, 0.3) is 11.1 Å². The van der Waals surface area contributed by atoms with Gasteiger partial charge in [0, 0.05) is 23.2 Å². The zero-order chi connectivity index (χ0) is 12.4. The summed E-state index contributed by atoms with van der Waals surface area (Å²) in [4.78, 5) is 20.1. The van der Waals surface area contributed by atoms with Crippen molar-refractivity contribution in [3.63, 3.8) is 0 Å². The van der Waals surface area contributed by atoms with Gasteiger partial charge in [0.15, 0.2) is 0 Å². The van der Waals surface area contributed by atoms with Gasteiger partial charge in [-0.1, -0.05) is 0 Å². The lowest BCUT2D eigenvalue weighted by molar-refractivity contribution is -0.393. The molecule has 0 amide bonds. The molecule has 1 aromatic heterocycles. The van der Waals surface area contributed by atoms with E-state index in [1.807, 2.05) is 0 Å². The molecule has 0 N–H and O–H groups in total. The van der Waals surface area contributed by atoms with E-state index in [0.29, 0.717) is 11.1 Å². The SMILES string of the molecule is O=[N+]([O-])c1ccc(-c2cnsc2)c([N+](=O)[O-])c1. The second-order valence-electron chi connectivity index (χ2n) is 3.13. The molecule has 0 aliphatic carbocycles. The maximum Gasteiger partial charge on any atom is 0.284 e. The van der Waals surface area contributed by atoms with Crippen molar-refractivity contribution in [2.24, 2.45) is 0 Å². The molecule has 1 aromatic carbocycles. The summed E-state index contributed by atoms with van der Waals surface area (Å²) in [6.45, 7) is 0. The van der Waals surface area contributed by atoms with Crippen LogP contribution >= 0.6 is 11.5 Å². The number of hydrogen-bond acceptors (Lipinski definition) is 6. The summed E-state index contributed by atoms with van der Waals surface area (Å²) in [6.07, 6.45) is 1.48. The molecule has 0 saturated heterocycles. The van der Waals surface area contributed by atoms with Gasteiger partial charge in [0.05, 0.1) is 21.5 Å². The van der Waals surface area contributed by atoms with Crippen LogP contribution < -0.4 is 0 Å². The molecular weight excluding hydrogens is 246 g/mol. The third-order valence-corrected chi connectivity index (χ3v) is 2.72. The number of hydrogen-bond donors (Lipinski definition) is 0. The van der Waals surface area contributed by atoms with E-state index in [0.717, 1.165) is 17.6 Å². The Morgan fingerprint density at radius 1 is 1.18 bits per heavy atom. The Hall–Kier alpha value is -2.35. The Labute approximate surface area is 98.8 Å². The van der Waals surface area contributed by atoms with E-state index in [1.54, 1.807) is 5.38 Å². The van der Waals surface area contributed by atoms with Gasteiger partial charge in [0.2, 0.25) is 0 Å². The van der Waals surface area contributed by atoms with Gasteiger partial charge >= 0.3 is 0 Å². The first kappa shape index (κ1) is 11.1. The second-order valence-corrected chi connectivity index (χ2v) is 3.79. The van der Waals surface area contributed by atoms with E-state index >= 15 is 0 Å². The van der Waals surface area contributed by atoms with Crippen LogP contribution in [0.1, 0.15) is 0 Å². The highest BCUT2D eigenvalue weighted by Crippen LogP contribution is 2.33.